The Morgan fingerprint density at radius 3 is 2.42 bits per heavy atom. The van der Waals surface area contributed by atoms with Gasteiger partial charge in [0.1, 0.15) is 5.75 Å². The molecule has 0 fully saturated rings. The number of hydrogen-bond acceptors (Lipinski definition) is 4. The molecule has 0 aromatic heterocycles. The lowest BCUT2D eigenvalue weighted by Crippen LogP contribution is -2.21. The van der Waals surface area contributed by atoms with Crippen LogP contribution in [0.4, 0.5) is 14.5 Å². The molecule has 5 nitrogen and oxygen atoms in total. The zero-order valence-electron chi connectivity index (χ0n) is 12.8. The monoisotopic (exact) mass is 423 g/mol. The van der Waals surface area contributed by atoms with Crippen LogP contribution in [0.15, 0.2) is 36.4 Å². The first kappa shape index (κ1) is 20.2. The van der Waals surface area contributed by atoms with Crippen LogP contribution in [-0.4, -0.2) is 25.1 Å². The Bertz CT molecular complexity index is 833. The van der Waals surface area contributed by atoms with Gasteiger partial charge in [-0.25, -0.2) is 4.79 Å². The molecule has 10 heteroatoms. The molecule has 2 rings (SSSR count). The number of rotatable bonds is 6. The Morgan fingerprint density at radius 2 is 1.77 bits per heavy atom. The number of nitrogens with one attached hydrogen (secondary N) is 1. The molecule has 0 heterocycles. The topological polar surface area (TPSA) is 64.6 Å². The van der Waals surface area contributed by atoms with Gasteiger partial charge in [-0.2, -0.15) is 8.78 Å². The average Bonchev–Trinajstić information content (AvgIpc) is 2.57. The van der Waals surface area contributed by atoms with Gasteiger partial charge in [-0.1, -0.05) is 34.8 Å². The Balaban J connectivity index is 1.93. The van der Waals surface area contributed by atoms with E-state index in [-0.39, 0.29) is 32.1 Å². The van der Waals surface area contributed by atoms with Gasteiger partial charge >= 0.3 is 12.6 Å². The largest absolute Gasteiger partial charge is 0.452 e. The minimum Gasteiger partial charge on any atom is -0.452 e. The fourth-order valence-electron chi connectivity index (χ4n) is 1.83. The fraction of sp³-hybridized carbons (Fsp3) is 0.125. The molecule has 0 unspecified atom stereocenters. The summed E-state index contributed by atoms with van der Waals surface area (Å²) in [6.07, 6.45) is 0. The fourth-order valence-corrected chi connectivity index (χ4v) is 2.42. The van der Waals surface area contributed by atoms with Crippen molar-refractivity contribution >= 4 is 52.4 Å². The van der Waals surface area contributed by atoms with E-state index in [9.17, 15) is 18.4 Å². The van der Waals surface area contributed by atoms with Crippen LogP contribution in [-0.2, 0) is 9.53 Å². The van der Waals surface area contributed by atoms with Gasteiger partial charge in [0.25, 0.3) is 5.91 Å². The maximum atomic E-state index is 12.2. The lowest BCUT2D eigenvalue weighted by atomic mass is 10.2. The Labute approximate surface area is 161 Å². The number of hydrogen-bond donors (Lipinski definition) is 1. The molecule has 0 atom stereocenters. The number of alkyl halides is 2. The minimum atomic E-state index is -3.02. The van der Waals surface area contributed by atoms with E-state index in [1.54, 1.807) is 0 Å². The highest BCUT2D eigenvalue weighted by Crippen LogP contribution is 2.29. The quantitative estimate of drug-likeness (QED) is 0.660. The molecule has 138 valence electrons. The van der Waals surface area contributed by atoms with Crippen molar-refractivity contribution in [3.05, 3.63) is 57.0 Å². The highest BCUT2D eigenvalue weighted by Gasteiger charge is 2.15. The maximum absolute atomic E-state index is 12.2. The van der Waals surface area contributed by atoms with E-state index in [4.69, 9.17) is 39.5 Å². The number of ether oxygens (including phenoxy) is 2. The van der Waals surface area contributed by atoms with Crippen LogP contribution in [0, 0.1) is 0 Å². The van der Waals surface area contributed by atoms with Gasteiger partial charge in [-0.05, 0) is 36.4 Å². The normalized spacial score (nSPS) is 10.5. The van der Waals surface area contributed by atoms with E-state index in [1.165, 1.54) is 36.4 Å². The van der Waals surface area contributed by atoms with Crippen molar-refractivity contribution in [2.45, 2.75) is 6.61 Å². The van der Waals surface area contributed by atoms with Gasteiger partial charge in [0.05, 0.1) is 15.6 Å². The van der Waals surface area contributed by atoms with Crippen LogP contribution in [0.1, 0.15) is 10.4 Å². The molecule has 1 N–H and O–H groups in total. The van der Waals surface area contributed by atoms with Crippen molar-refractivity contribution in [1.82, 2.24) is 0 Å². The van der Waals surface area contributed by atoms with Crippen LogP contribution in [0.25, 0.3) is 0 Å². The van der Waals surface area contributed by atoms with Crippen molar-refractivity contribution in [2.75, 3.05) is 11.9 Å². The van der Waals surface area contributed by atoms with Crippen LogP contribution in [0.5, 0.6) is 5.75 Å². The van der Waals surface area contributed by atoms with Crippen LogP contribution < -0.4 is 10.1 Å². The zero-order valence-corrected chi connectivity index (χ0v) is 15.0. The van der Waals surface area contributed by atoms with E-state index in [0.29, 0.717) is 0 Å². The summed E-state index contributed by atoms with van der Waals surface area (Å²) in [5.41, 5.74) is 0.224. The molecule has 0 radical (unpaired) electrons. The molecule has 1 amide bonds. The molecule has 0 bridgehead atoms. The summed E-state index contributed by atoms with van der Waals surface area (Å²) in [5.74, 6) is -1.73. The first-order chi connectivity index (χ1) is 12.3. The molecule has 0 aliphatic rings. The number of anilines is 1. The standard InChI is InChI=1S/C16H10Cl3F2NO4/c17-8-1-3-11(18)10(5-8)15(24)25-7-14(23)22-9-2-4-13(12(19)6-9)26-16(20)21/h1-6,16H,7H2,(H,22,23). The van der Waals surface area contributed by atoms with Gasteiger partial charge in [0.15, 0.2) is 6.61 Å². The molecule has 2 aromatic carbocycles. The molecule has 0 aliphatic carbocycles. The highest BCUT2D eigenvalue weighted by atomic mass is 35.5. The predicted molar refractivity (Wildman–Crippen MR) is 93.5 cm³/mol. The zero-order chi connectivity index (χ0) is 19.3. The maximum Gasteiger partial charge on any atom is 0.387 e. The molecule has 0 aliphatic heterocycles. The number of carbonyl (C=O) groups excluding carboxylic acids is 2. The first-order valence-electron chi connectivity index (χ1n) is 6.92. The number of amides is 1. The third-order valence-electron chi connectivity index (χ3n) is 2.91. The lowest BCUT2D eigenvalue weighted by molar-refractivity contribution is -0.119. The average molecular weight is 425 g/mol. The number of benzene rings is 2. The summed E-state index contributed by atoms with van der Waals surface area (Å²) >= 11 is 17.4. The van der Waals surface area contributed by atoms with Gasteiger partial charge in [0.2, 0.25) is 0 Å². The van der Waals surface area contributed by atoms with Crippen molar-refractivity contribution in [3.8, 4) is 5.75 Å². The van der Waals surface area contributed by atoms with Crippen LogP contribution in [0.3, 0.4) is 0 Å². The van der Waals surface area contributed by atoms with Crippen LogP contribution >= 0.6 is 34.8 Å². The molecule has 26 heavy (non-hydrogen) atoms. The summed E-state index contributed by atoms with van der Waals surface area (Å²) in [6, 6.07) is 7.92. The minimum absolute atomic E-state index is 0.0171. The Hall–Kier alpha value is -2.09. The van der Waals surface area contributed by atoms with Gasteiger partial charge in [-0.15, -0.1) is 0 Å². The summed E-state index contributed by atoms with van der Waals surface area (Å²) in [6.45, 7) is -3.63. The summed E-state index contributed by atoms with van der Waals surface area (Å²) < 4.78 is 33.4. The Kier molecular flexibility index (Phi) is 7.02. The van der Waals surface area contributed by atoms with E-state index in [0.717, 1.165) is 0 Å². The molecule has 2 aromatic rings. The van der Waals surface area contributed by atoms with Crippen molar-refractivity contribution in [2.24, 2.45) is 0 Å². The third kappa shape index (κ3) is 5.72. The van der Waals surface area contributed by atoms with Gasteiger partial charge in [0, 0.05) is 10.7 Å². The number of carbonyl (C=O) groups is 2. The summed E-state index contributed by atoms with van der Waals surface area (Å²) in [5, 5.41) is 2.68. The number of halogens is 5. The van der Waals surface area contributed by atoms with Gasteiger partial charge in [-0.3, -0.25) is 4.79 Å². The summed E-state index contributed by atoms with van der Waals surface area (Å²) in [4.78, 5) is 23.8. The first-order valence-corrected chi connectivity index (χ1v) is 8.06. The molecular formula is C16H10Cl3F2NO4. The molecular weight excluding hydrogens is 415 g/mol. The SMILES string of the molecule is O=C(COC(=O)c1cc(Cl)ccc1Cl)Nc1ccc(OC(F)F)c(Cl)c1. The molecule has 0 saturated carbocycles. The summed E-state index contributed by atoms with van der Waals surface area (Å²) in [7, 11) is 0. The van der Waals surface area contributed by atoms with Crippen LogP contribution in [0.2, 0.25) is 15.1 Å². The second kappa shape index (κ2) is 9.02. The second-order valence-corrected chi connectivity index (χ2v) is 6.02. The highest BCUT2D eigenvalue weighted by molar-refractivity contribution is 6.35. The molecule has 0 spiro atoms. The van der Waals surface area contributed by atoms with Crippen molar-refractivity contribution in [3.63, 3.8) is 0 Å². The third-order valence-corrected chi connectivity index (χ3v) is 3.77. The van der Waals surface area contributed by atoms with E-state index in [1.807, 2.05) is 0 Å². The van der Waals surface area contributed by atoms with Gasteiger partial charge < -0.3 is 14.8 Å². The van der Waals surface area contributed by atoms with Crippen molar-refractivity contribution < 1.29 is 27.8 Å². The Morgan fingerprint density at radius 1 is 1.04 bits per heavy atom. The van der Waals surface area contributed by atoms with Crippen molar-refractivity contribution in [1.29, 1.82) is 0 Å². The number of esters is 1. The predicted octanol–water partition coefficient (Wildman–Crippen LogP) is 5.04. The molecule has 0 saturated heterocycles. The van der Waals surface area contributed by atoms with E-state index < -0.39 is 25.1 Å². The van der Waals surface area contributed by atoms with E-state index in [2.05, 4.69) is 10.1 Å². The smallest absolute Gasteiger partial charge is 0.387 e. The van der Waals surface area contributed by atoms with E-state index >= 15 is 0 Å². The lowest BCUT2D eigenvalue weighted by Gasteiger charge is -2.10. The second-order valence-electron chi connectivity index (χ2n) is 4.77.